The quantitative estimate of drug-likeness (QED) is 0.834. The highest BCUT2D eigenvalue weighted by molar-refractivity contribution is 5.81. The molecule has 0 aromatic heterocycles. The Morgan fingerprint density at radius 2 is 1.89 bits per heavy atom. The van der Waals surface area contributed by atoms with Crippen molar-refractivity contribution in [1.29, 1.82) is 0 Å². The highest BCUT2D eigenvalue weighted by atomic mass is 16.2. The van der Waals surface area contributed by atoms with Gasteiger partial charge in [0.15, 0.2) is 0 Å². The van der Waals surface area contributed by atoms with Crippen molar-refractivity contribution in [2.45, 2.75) is 45.1 Å². The van der Waals surface area contributed by atoms with E-state index in [-0.39, 0.29) is 11.9 Å². The van der Waals surface area contributed by atoms with Gasteiger partial charge in [0.25, 0.3) is 0 Å². The van der Waals surface area contributed by atoms with E-state index in [9.17, 15) is 4.79 Å². The van der Waals surface area contributed by atoms with Gasteiger partial charge < -0.3 is 10.2 Å². The molecule has 2 aliphatic heterocycles. The van der Waals surface area contributed by atoms with Gasteiger partial charge in [0, 0.05) is 13.1 Å². The highest BCUT2D eigenvalue weighted by Crippen LogP contribution is 2.14. The maximum absolute atomic E-state index is 12.2. The summed E-state index contributed by atoms with van der Waals surface area (Å²) < 4.78 is 0. The number of rotatable bonds is 4. The highest BCUT2D eigenvalue weighted by Gasteiger charge is 2.24. The Morgan fingerprint density at radius 3 is 2.47 bits per heavy atom. The fraction of sp³-hybridized carbons (Fsp3) is 0.933. The molecule has 1 N–H and O–H groups in total. The molecule has 2 heterocycles. The van der Waals surface area contributed by atoms with Gasteiger partial charge in [-0.05, 0) is 58.8 Å². The van der Waals surface area contributed by atoms with Crippen LogP contribution in [0.3, 0.4) is 0 Å². The monoisotopic (exact) mass is 267 g/mol. The first-order chi connectivity index (χ1) is 9.16. The Bertz CT molecular complexity index is 287. The zero-order valence-corrected chi connectivity index (χ0v) is 12.5. The zero-order chi connectivity index (χ0) is 13.7. The zero-order valence-electron chi connectivity index (χ0n) is 12.5. The minimum absolute atomic E-state index is 0.0391. The van der Waals surface area contributed by atoms with Crippen molar-refractivity contribution < 1.29 is 4.79 Å². The van der Waals surface area contributed by atoms with Gasteiger partial charge in [-0.1, -0.05) is 12.8 Å². The second kappa shape index (κ2) is 7.25. The molecule has 2 unspecified atom stereocenters. The van der Waals surface area contributed by atoms with E-state index in [1.807, 2.05) is 0 Å². The molecule has 0 radical (unpaired) electrons. The van der Waals surface area contributed by atoms with Crippen LogP contribution in [-0.4, -0.2) is 61.5 Å². The van der Waals surface area contributed by atoms with Crippen molar-refractivity contribution in [3.05, 3.63) is 0 Å². The molecule has 2 atom stereocenters. The minimum Gasteiger partial charge on any atom is -0.354 e. The number of amides is 1. The van der Waals surface area contributed by atoms with Crippen LogP contribution in [0.4, 0.5) is 0 Å². The predicted octanol–water partition coefficient (Wildman–Crippen LogP) is 1.32. The normalized spacial score (nSPS) is 28.0. The van der Waals surface area contributed by atoms with Gasteiger partial charge in [-0.3, -0.25) is 9.69 Å². The summed E-state index contributed by atoms with van der Waals surface area (Å²) in [6.07, 6.45) is 6.34. The van der Waals surface area contributed by atoms with Crippen LogP contribution >= 0.6 is 0 Å². The van der Waals surface area contributed by atoms with Gasteiger partial charge in [-0.25, -0.2) is 0 Å². The van der Waals surface area contributed by atoms with E-state index < -0.39 is 0 Å². The van der Waals surface area contributed by atoms with Crippen LogP contribution in [0.15, 0.2) is 0 Å². The number of likely N-dealkylation sites (tertiary alicyclic amines) is 2. The first-order valence-corrected chi connectivity index (χ1v) is 7.87. The third kappa shape index (κ3) is 4.46. The Morgan fingerprint density at radius 1 is 1.21 bits per heavy atom. The standard InChI is InChI=1S/C15H29N3O/c1-13(18-8-5-3-4-6-9-18)15(19)16-11-14-7-10-17(2)12-14/h13-14H,3-12H2,1-2H3,(H,16,19). The second-order valence-electron chi connectivity index (χ2n) is 6.29. The molecule has 4 nitrogen and oxygen atoms in total. The van der Waals surface area contributed by atoms with Crippen LogP contribution in [-0.2, 0) is 4.79 Å². The molecular weight excluding hydrogens is 238 g/mol. The van der Waals surface area contributed by atoms with Crippen molar-refractivity contribution in [3.8, 4) is 0 Å². The molecule has 2 saturated heterocycles. The third-order valence-corrected chi connectivity index (χ3v) is 4.62. The van der Waals surface area contributed by atoms with Crippen LogP contribution in [0.1, 0.15) is 39.0 Å². The van der Waals surface area contributed by atoms with Crippen LogP contribution in [0.5, 0.6) is 0 Å². The molecule has 2 rings (SSSR count). The summed E-state index contributed by atoms with van der Waals surface area (Å²) in [4.78, 5) is 16.9. The Kier molecular flexibility index (Phi) is 5.64. The lowest BCUT2D eigenvalue weighted by molar-refractivity contribution is -0.126. The molecule has 0 spiro atoms. The van der Waals surface area contributed by atoms with E-state index in [4.69, 9.17) is 0 Å². The van der Waals surface area contributed by atoms with E-state index in [0.29, 0.717) is 5.92 Å². The van der Waals surface area contributed by atoms with Crippen molar-refractivity contribution in [1.82, 2.24) is 15.1 Å². The van der Waals surface area contributed by atoms with Gasteiger partial charge in [-0.2, -0.15) is 0 Å². The molecular formula is C15H29N3O. The van der Waals surface area contributed by atoms with E-state index >= 15 is 0 Å². The number of hydrogen-bond acceptors (Lipinski definition) is 3. The summed E-state index contributed by atoms with van der Waals surface area (Å²) in [5.41, 5.74) is 0. The predicted molar refractivity (Wildman–Crippen MR) is 78.1 cm³/mol. The molecule has 0 saturated carbocycles. The summed E-state index contributed by atoms with van der Waals surface area (Å²) in [7, 11) is 2.15. The first kappa shape index (κ1) is 14.8. The maximum atomic E-state index is 12.2. The number of carbonyl (C=O) groups is 1. The summed E-state index contributed by atoms with van der Waals surface area (Å²) in [5, 5.41) is 3.16. The minimum atomic E-state index is 0.0391. The van der Waals surface area contributed by atoms with Crippen molar-refractivity contribution in [2.24, 2.45) is 5.92 Å². The molecule has 0 bridgehead atoms. The smallest absolute Gasteiger partial charge is 0.237 e. The summed E-state index contributed by atoms with van der Waals surface area (Å²) in [6, 6.07) is 0.0391. The molecule has 4 heteroatoms. The lowest BCUT2D eigenvalue weighted by Crippen LogP contribution is -2.46. The van der Waals surface area contributed by atoms with Gasteiger partial charge >= 0.3 is 0 Å². The molecule has 1 amide bonds. The topological polar surface area (TPSA) is 35.6 Å². The first-order valence-electron chi connectivity index (χ1n) is 7.87. The van der Waals surface area contributed by atoms with Crippen molar-refractivity contribution in [2.75, 3.05) is 39.8 Å². The third-order valence-electron chi connectivity index (χ3n) is 4.62. The molecule has 0 aliphatic carbocycles. The molecule has 0 aromatic rings. The molecule has 19 heavy (non-hydrogen) atoms. The largest absolute Gasteiger partial charge is 0.354 e. The van der Waals surface area contributed by atoms with Crippen molar-refractivity contribution >= 4 is 5.91 Å². The van der Waals surface area contributed by atoms with E-state index in [1.165, 1.54) is 38.6 Å². The van der Waals surface area contributed by atoms with E-state index in [0.717, 1.165) is 26.2 Å². The molecule has 2 aliphatic rings. The molecule has 110 valence electrons. The van der Waals surface area contributed by atoms with Crippen molar-refractivity contribution in [3.63, 3.8) is 0 Å². The Labute approximate surface area is 117 Å². The number of nitrogens with one attached hydrogen (secondary N) is 1. The van der Waals surface area contributed by atoms with Gasteiger partial charge in [-0.15, -0.1) is 0 Å². The Balaban J connectivity index is 1.72. The fourth-order valence-electron chi connectivity index (χ4n) is 3.23. The molecule has 2 fully saturated rings. The lowest BCUT2D eigenvalue weighted by atomic mass is 10.1. The van der Waals surface area contributed by atoms with Gasteiger partial charge in [0.2, 0.25) is 5.91 Å². The summed E-state index contributed by atoms with van der Waals surface area (Å²) in [6.45, 7) is 7.37. The SMILES string of the molecule is CC(C(=O)NCC1CCN(C)C1)N1CCCCCC1. The number of nitrogens with zero attached hydrogens (tertiary/aromatic N) is 2. The lowest BCUT2D eigenvalue weighted by Gasteiger charge is -2.27. The summed E-state index contributed by atoms with van der Waals surface area (Å²) in [5.74, 6) is 0.863. The van der Waals surface area contributed by atoms with Crippen LogP contribution in [0.2, 0.25) is 0 Å². The fourth-order valence-corrected chi connectivity index (χ4v) is 3.23. The summed E-state index contributed by atoms with van der Waals surface area (Å²) >= 11 is 0. The van der Waals surface area contributed by atoms with Gasteiger partial charge in [0.05, 0.1) is 6.04 Å². The maximum Gasteiger partial charge on any atom is 0.237 e. The van der Waals surface area contributed by atoms with Gasteiger partial charge in [0.1, 0.15) is 0 Å². The average molecular weight is 267 g/mol. The number of hydrogen-bond donors (Lipinski definition) is 1. The Hall–Kier alpha value is -0.610. The van der Waals surface area contributed by atoms with Crippen LogP contribution < -0.4 is 5.32 Å². The second-order valence-corrected chi connectivity index (χ2v) is 6.29. The van der Waals surface area contributed by atoms with E-state index in [1.54, 1.807) is 0 Å². The van der Waals surface area contributed by atoms with Crippen LogP contribution in [0.25, 0.3) is 0 Å². The molecule has 0 aromatic carbocycles. The van der Waals surface area contributed by atoms with Crippen LogP contribution in [0, 0.1) is 5.92 Å². The number of carbonyl (C=O) groups excluding carboxylic acids is 1. The average Bonchev–Trinajstić information content (AvgIpc) is 2.67. The van der Waals surface area contributed by atoms with E-state index in [2.05, 4.69) is 29.1 Å².